The second-order valence-electron chi connectivity index (χ2n) is 6.40. The number of ether oxygens (including phenoxy) is 3. The Morgan fingerprint density at radius 1 is 1.28 bits per heavy atom. The first-order chi connectivity index (χ1) is 13.6. The summed E-state index contributed by atoms with van der Waals surface area (Å²) in [6, 6.07) is 9.05. The zero-order valence-electron chi connectivity index (χ0n) is 16.3. The fraction of sp³-hybridized carbons (Fsp3) is 0.368. The average molecular weight is 427 g/mol. The summed E-state index contributed by atoms with van der Waals surface area (Å²) in [6.07, 6.45) is 1.57. The Labute approximate surface area is 192 Å². The summed E-state index contributed by atoms with van der Waals surface area (Å²) in [6.45, 7) is 1.61. The molecule has 3 aromatic rings. The third kappa shape index (κ3) is 4.87. The predicted molar refractivity (Wildman–Crippen MR) is 100 cm³/mol. The zero-order chi connectivity index (χ0) is 19.6. The van der Waals surface area contributed by atoms with E-state index in [0.29, 0.717) is 35.7 Å². The number of rotatable bonds is 7. The van der Waals surface area contributed by atoms with Crippen molar-refractivity contribution in [3.8, 4) is 5.75 Å². The molecule has 10 heteroatoms. The molecule has 1 aliphatic heterocycles. The minimum atomic E-state index is -1.45. The van der Waals surface area contributed by atoms with E-state index in [0.717, 1.165) is 5.56 Å². The Morgan fingerprint density at radius 3 is 2.76 bits per heavy atom. The standard InChI is InChI=1S/C19H19FN3O4S.Na/c1-13-16(10-28(24)18-22-14-4-2-3-5-15(14)23-18)21-7-6-17(13)25-12-19(11-20)26-8-9-27-19;/h2-7H,8-12H2,1H3;/q-1;+1. The molecule has 1 saturated heterocycles. The Morgan fingerprint density at radius 2 is 2.03 bits per heavy atom. The van der Waals surface area contributed by atoms with E-state index in [4.69, 9.17) is 14.2 Å². The molecule has 29 heavy (non-hydrogen) atoms. The SMILES string of the molecule is Cc1c(OCC2(CF)OCCO2)ccnc1CS(=O)c1nc2ccccc2[n-]1.[Na+]. The number of hydrogen-bond acceptors (Lipinski definition) is 6. The van der Waals surface area contributed by atoms with Crippen molar-refractivity contribution in [2.24, 2.45) is 0 Å². The quantitative estimate of drug-likeness (QED) is 0.461. The summed E-state index contributed by atoms with van der Waals surface area (Å²) >= 11 is 0. The fourth-order valence-electron chi connectivity index (χ4n) is 2.92. The van der Waals surface area contributed by atoms with Gasteiger partial charge in [0, 0.05) is 16.9 Å². The molecule has 0 aliphatic carbocycles. The number of halogens is 1. The molecule has 1 fully saturated rings. The molecule has 0 amide bonds. The van der Waals surface area contributed by atoms with Gasteiger partial charge in [0.25, 0.3) is 0 Å². The van der Waals surface area contributed by atoms with Crippen LogP contribution >= 0.6 is 0 Å². The molecule has 148 valence electrons. The van der Waals surface area contributed by atoms with E-state index in [9.17, 15) is 8.60 Å². The van der Waals surface area contributed by atoms with E-state index in [1.165, 1.54) is 0 Å². The number of benzene rings is 1. The van der Waals surface area contributed by atoms with Gasteiger partial charge in [-0.15, -0.1) is 0 Å². The molecule has 0 N–H and O–H groups in total. The topological polar surface area (TPSA) is 84.6 Å². The molecule has 1 unspecified atom stereocenters. The summed E-state index contributed by atoms with van der Waals surface area (Å²) in [5.74, 6) is -0.690. The third-order valence-electron chi connectivity index (χ3n) is 4.51. The summed E-state index contributed by atoms with van der Waals surface area (Å²) in [7, 11) is -1.45. The normalized spacial score (nSPS) is 16.5. The van der Waals surface area contributed by atoms with E-state index < -0.39 is 23.3 Å². The number of hydrogen-bond donors (Lipinski definition) is 0. The van der Waals surface area contributed by atoms with E-state index in [1.807, 2.05) is 31.2 Å². The number of para-hydroxylation sites is 2. The zero-order valence-corrected chi connectivity index (χ0v) is 19.1. The van der Waals surface area contributed by atoms with Crippen molar-refractivity contribution in [2.75, 3.05) is 26.5 Å². The maximum absolute atomic E-state index is 13.3. The van der Waals surface area contributed by atoms with Gasteiger partial charge in [0.15, 0.2) is 0 Å². The van der Waals surface area contributed by atoms with E-state index in [-0.39, 0.29) is 47.1 Å². The van der Waals surface area contributed by atoms with Gasteiger partial charge in [0.2, 0.25) is 5.79 Å². The molecule has 2 aromatic heterocycles. The number of imidazole rings is 1. The van der Waals surface area contributed by atoms with Crippen molar-refractivity contribution in [3.63, 3.8) is 0 Å². The second-order valence-corrected chi connectivity index (χ2v) is 7.74. The predicted octanol–water partition coefficient (Wildman–Crippen LogP) is -0.701. The van der Waals surface area contributed by atoms with Crippen molar-refractivity contribution in [1.82, 2.24) is 15.0 Å². The van der Waals surface area contributed by atoms with Crippen molar-refractivity contribution in [2.45, 2.75) is 23.6 Å². The molecule has 1 atom stereocenters. The molecule has 0 spiro atoms. The van der Waals surface area contributed by atoms with Gasteiger partial charge in [-0.3, -0.25) is 9.19 Å². The van der Waals surface area contributed by atoms with Crippen LogP contribution in [0.25, 0.3) is 11.0 Å². The van der Waals surface area contributed by atoms with Crippen LogP contribution in [0.3, 0.4) is 0 Å². The van der Waals surface area contributed by atoms with Crippen LogP contribution in [0.5, 0.6) is 5.75 Å². The second kappa shape index (κ2) is 9.63. The van der Waals surface area contributed by atoms with Gasteiger partial charge < -0.3 is 24.2 Å². The van der Waals surface area contributed by atoms with Crippen LogP contribution in [-0.2, 0) is 26.0 Å². The number of pyridine rings is 1. The van der Waals surface area contributed by atoms with E-state index >= 15 is 0 Å². The molecule has 1 aliphatic rings. The molecule has 4 rings (SSSR count). The molecule has 0 bridgehead atoms. The minimum Gasteiger partial charge on any atom is -0.487 e. The largest absolute Gasteiger partial charge is 1.00 e. The molecule has 3 heterocycles. The first-order valence-electron chi connectivity index (χ1n) is 8.79. The van der Waals surface area contributed by atoms with Gasteiger partial charge in [0.1, 0.15) is 19.0 Å². The van der Waals surface area contributed by atoms with Gasteiger partial charge in [-0.25, -0.2) is 4.39 Å². The van der Waals surface area contributed by atoms with Gasteiger partial charge in [-0.2, -0.15) is 0 Å². The Hall–Kier alpha value is -1.36. The maximum Gasteiger partial charge on any atom is 1.00 e. The molecular weight excluding hydrogens is 408 g/mol. The van der Waals surface area contributed by atoms with Crippen LogP contribution in [-0.4, -0.2) is 46.5 Å². The number of aromatic nitrogens is 3. The summed E-state index contributed by atoms with van der Waals surface area (Å²) < 4.78 is 42.4. The molecule has 0 saturated carbocycles. The van der Waals surface area contributed by atoms with Crippen LogP contribution in [0.15, 0.2) is 41.7 Å². The van der Waals surface area contributed by atoms with Crippen LogP contribution in [0.1, 0.15) is 11.3 Å². The number of fused-ring (bicyclic) bond motifs is 1. The van der Waals surface area contributed by atoms with Crippen molar-refractivity contribution >= 4 is 21.8 Å². The minimum absolute atomic E-state index is 0. The molecule has 1 aromatic carbocycles. The molecule has 7 nitrogen and oxygen atoms in total. The van der Waals surface area contributed by atoms with Gasteiger partial charge in [0.05, 0.1) is 35.5 Å². The first-order valence-corrected chi connectivity index (χ1v) is 10.1. The molecular formula is C19H19FN3NaO4S. The van der Waals surface area contributed by atoms with Crippen LogP contribution in [0.2, 0.25) is 0 Å². The van der Waals surface area contributed by atoms with Crippen molar-refractivity contribution in [3.05, 3.63) is 47.8 Å². The van der Waals surface area contributed by atoms with Crippen LogP contribution in [0, 0.1) is 6.92 Å². The van der Waals surface area contributed by atoms with Gasteiger partial charge in [-0.05, 0) is 24.0 Å². The fourth-order valence-corrected chi connectivity index (χ4v) is 3.99. The molecule has 0 radical (unpaired) electrons. The van der Waals surface area contributed by atoms with Gasteiger partial charge in [-0.1, -0.05) is 24.3 Å². The monoisotopic (exact) mass is 427 g/mol. The van der Waals surface area contributed by atoms with Crippen molar-refractivity contribution in [1.29, 1.82) is 0 Å². The summed E-state index contributed by atoms with van der Waals surface area (Å²) in [5, 5.41) is 0.276. The third-order valence-corrected chi connectivity index (χ3v) is 5.63. The Bertz CT molecular complexity index is 977. The van der Waals surface area contributed by atoms with Crippen LogP contribution in [0.4, 0.5) is 4.39 Å². The average Bonchev–Trinajstić information content (AvgIpc) is 3.36. The smallest absolute Gasteiger partial charge is 0.487 e. The number of alkyl halides is 1. The number of nitrogens with zero attached hydrogens (tertiary/aromatic N) is 3. The Kier molecular flexibility index (Phi) is 7.42. The summed E-state index contributed by atoms with van der Waals surface area (Å²) in [5.41, 5.74) is 2.74. The van der Waals surface area contributed by atoms with E-state index in [1.54, 1.807) is 12.3 Å². The van der Waals surface area contributed by atoms with Crippen molar-refractivity contribution < 1.29 is 52.4 Å². The summed E-state index contributed by atoms with van der Waals surface area (Å²) in [4.78, 5) is 13.0. The van der Waals surface area contributed by atoms with Crippen LogP contribution < -0.4 is 39.3 Å². The van der Waals surface area contributed by atoms with E-state index in [2.05, 4.69) is 15.0 Å². The first kappa shape index (κ1) is 22.3. The maximum atomic E-state index is 13.3. The van der Waals surface area contributed by atoms with Gasteiger partial charge >= 0.3 is 29.6 Å². The Balaban J connectivity index is 0.00000240.